The van der Waals surface area contributed by atoms with E-state index in [1.165, 1.54) is 12.4 Å². The molecule has 6 rings (SSSR count). The number of hydrogen-bond acceptors (Lipinski definition) is 7. The van der Waals surface area contributed by atoms with E-state index >= 15 is 0 Å². The second-order valence-electron chi connectivity index (χ2n) is 10.6. The number of amides is 1. The Morgan fingerprint density at radius 2 is 1.71 bits per heavy atom. The van der Waals surface area contributed by atoms with Gasteiger partial charge in [-0.25, -0.2) is 14.8 Å². The summed E-state index contributed by atoms with van der Waals surface area (Å²) >= 11 is 5.91. The van der Waals surface area contributed by atoms with Crippen molar-refractivity contribution in [1.29, 1.82) is 0 Å². The predicted molar refractivity (Wildman–Crippen MR) is 158 cm³/mol. The lowest BCUT2D eigenvalue weighted by atomic mass is 9.89. The minimum atomic E-state index is -0.970. The number of carbonyl (C=O) groups excluding carboxylic acids is 2. The molecule has 42 heavy (non-hydrogen) atoms. The standard InChI is InChI=1S/C33H30ClN3O5/c1-41-22-11-10-20-15-29(31(39)13-12-30(38)28-16-32(34)36-19-35-28)37(17-21(20)14-22)33(40)42-18-27-25-8-4-2-6-23(25)24-7-3-5-9-26(24)27/h2-11,14,16,19,27,29,31,39H,12-13,15,17-18H2,1H3/t29-,31+/m0/s1. The van der Waals surface area contributed by atoms with E-state index in [0.29, 0.717) is 12.2 Å². The molecule has 8 nitrogen and oxygen atoms in total. The van der Waals surface area contributed by atoms with Crippen molar-refractivity contribution < 1.29 is 24.2 Å². The van der Waals surface area contributed by atoms with Crippen LogP contribution in [0.2, 0.25) is 5.15 Å². The highest BCUT2D eigenvalue weighted by molar-refractivity contribution is 6.29. The van der Waals surface area contributed by atoms with Crippen LogP contribution in [-0.2, 0) is 17.7 Å². The molecule has 3 aromatic carbocycles. The number of methoxy groups -OCH3 is 1. The zero-order valence-corrected chi connectivity index (χ0v) is 23.8. The average Bonchev–Trinajstić information content (AvgIpc) is 3.34. The third-order valence-electron chi connectivity index (χ3n) is 8.18. The molecule has 0 bridgehead atoms. The topological polar surface area (TPSA) is 102 Å². The summed E-state index contributed by atoms with van der Waals surface area (Å²) in [6.45, 7) is 0.421. The fourth-order valence-corrected chi connectivity index (χ4v) is 6.16. The van der Waals surface area contributed by atoms with Gasteiger partial charge in [0.1, 0.15) is 29.5 Å². The van der Waals surface area contributed by atoms with Gasteiger partial charge in [0.25, 0.3) is 0 Å². The maximum absolute atomic E-state index is 13.7. The van der Waals surface area contributed by atoms with E-state index in [2.05, 4.69) is 34.2 Å². The summed E-state index contributed by atoms with van der Waals surface area (Å²) in [5.41, 5.74) is 6.68. The molecule has 0 fully saturated rings. The Kier molecular flexibility index (Phi) is 7.91. The van der Waals surface area contributed by atoms with E-state index in [1.54, 1.807) is 12.0 Å². The number of Topliss-reactive ketones (excluding diaryl/α,β-unsaturated/α-hetero) is 1. The molecule has 0 saturated carbocycles. The van der Waals surface area contributed by atoms with Crippen molar-refractivity contribution in [2.24, 2.45) is 0 Å². The normalized spacial score (nSPS) is 16.3. The summed E-state index contributed by atoms with van der Waals surface area (Å²) in [6.07, 6.45) is 0.350. The molecule has 1 aromatic heterocycles. The Bertz CT molecular complexity index is 1600. The second-order valence-corrected chi connectivity index (χ2v) is 11.0. The van der Waals surface area contributed by atoms with Crippen LogP contribution < -0.4 is 4.74 Å². The molecule has 0 unspecified atom stereocenters. The molecule has 0 saturated heterocycles. The number of aromatic nitrogens is 2. The Hall–Kier alpha value is -4.27. The monoisotopic (exact) mass is 583 g/mol. The molecule has 0 radical (unpaired) electrons. The van der Waals surface area contributed by atoms with Crippen LogP contribution in [0.1, 0.15) is 51.5 Å². The van der Waals surface area contributed by atoms with E-state index in [1.807, 2.05) is 42.5 Å². The van der Waals surface area contributed by atoms with Crippen molar-refractivity contribution in [2.75, 3.05) is 13.7 Å². The highest BCUT2D eigenvalue weighted by Crippen LogP contribution is 2.44. The minimum Gasteiger partial charge on any atom is -0.497 e. The molecule has 2 atom stereocenters. The van der Waals surface area contributed by atoms with E-state index in [0.717, 1.165) is 33.4 Å². The van der Waals surface area contributed by atoms with Crippen molar-refractivity contribution >= 4 is 23.5 Å². The van der Waals surface area contributed by atoms with Crippen LogP contribution in [0.3, 0.4) is 0 Å². The van der Waals surface area contributed by atoms with Gasteiger partial charge < -0.3 is 14.6 Å². The summed E-state index contributed by atoms with van der Waals surface area (Å²) in [4.78, 5) is 35.8. The van der Waals surface area contributed by atoms with E-state index in [-0.39, 0.29) is 48.5 Å². The van der Waals surface area contributed by atoms with Crippen molar-refractivity contribution in [3.63, 3.8) is 0 Å². The third-order valence-corrected chi connectivity index (χ3v) is 8.39. The molecule has 1 amide bonds. The largest absolute Gasteiger partial charge is 0.497 e. The van der Waals surface area contributed by atoms with Crippen LogP contribution in [-0.4, -0.2) is 57.7 Å². The van der Waals surface area contributed by atoms with Crippen molar-refractivity contribution in [2.45, 2.75) is 43.9 Å². The number of fused-ring (bicyclic) bond motifs is 4. The smallest absolute Gasteiger partial charge is 0.410 e. The van der Waals surface area contributed by atoms with Crippen molar-refractivity contribution in [1.82, 2.24) is 14.9 Å². The quantitative estimate of drug-likeness (QED) is 0.205. The zero-order valence-electron chi connectivity index (χ0n) is 23.1. The predicted octanol–water partition coefficient (Wildman–Crippen LogP) is 5.84. The zero-order chi connectivity index (χ0) is 29.2. The van der Waals surface area contributed by atoms with Gasteiger partial charge in [0, 0.05) is 24.9 Å². The van der Waals surface area contributed by atoms with Crippen molar-refractivity contribution in [3.8, 4) is 16.9 Å². The first-order chi connectivity index (χ1) is 20.4. The van der Waals surface area contributed by atoms with Crippen LogP contribution in [0, 0.1) is 0 Å². The fraction of sp³-hybridized carbons (Fsp3) is 0.273. The summed E-state index contributed by atoms with van der Waals surface area (Å²) in [5, 5.41) is 11.5. The van der Waals surface area contributed by atoms with Gasteiger partial charge >= 0.3 is 6.09 Å². The number of aliphatic hydroxyl groups excluding tert-OH is 1. The summed E-state index contributed by atoms with van der Waals surface area (Å²) in [5.74, 6) is 0.348. The number of benzene rings is 3. The highest BCUT2D eigenvalue weighted by Gasteiger charge is 2.37. The maximum Gasteiger partial charge on any atom is 0.410 e. The lowest BCUT2D eigenvalue weighted by Crippen LogP contribution is -2.51. The van der Waals surface area contributed by atoms with Gasteiger partial charge in [-0.1, -0.05) is 66.2 Å². The fourth-order valence-electron chi connectivity index (χ4n) is 6.02. The molecule has 9 heteroatoms. The molecule has 0 spiro atoms. The van der Waals surface area contributed by atoms with Crippen molar-refractivity contribution in [3.05, 3.63) is 112 Å². The van der Waals surface area contributed by atoms with Crippen LogP contribution in [0.4, 0.5) is 4.79 Å². The van der Waals surface area contributed by atoms with Gasteiger partial charge in [-0.15, -0.1) is 0 Å². The SMILES string of the molecule is COc1ccc2c(c1)CN(C(=O)OCC1c3ccccc3-c3ccccc31)[C@H]([C@H](O)CCC(=O)c1cc(Cl)ncn1)C2. The van der Waals surface area contributed by atoms with Gasteiger partial charge in [-0.3, -0.25) is 9.69 Å². The Labute approximate surface area is 248 Å². The molecule has 214 valence electrons. The molecular formula is C33H30ClN3O5. The maximum atomic E-state index is 13.7. The minimum absolute atomic E-state index is 0.0407. The van der Waals surface area contributed by atoms with Gasteiger partial charge in [0.2, 0.25) is 0 Å². The number of rotatable bonds is 8. The first kappa shape index (κ1) is 27.9. The summed E-state index contributed by atoms with van der Waals surface area (Å²) in [7, 11) is 1.60. The molecule has 2 heterocycles. The number of nitrogens with zero attached hydrogens (tertiary/aromatic N) is 3. The van der Waals surface area contributed by atoms with Crippen LogP contribution in [0.5, 0.6) is 5.75 Å². The third kappa shape index (κ3) is 5.47. The number of ether oxygens (including phenoxy) is 2. The van der Waals surface area contributed by atoms with Crippen LogP contribution in [0.15, 0.2) is 79.1 Å². The Morgan fingerprint density at radius 1 is 1.00 bits per heavy atom. The summed E-state index contributed by atoms with van der Waals surface area (Å²) < 4.78 is 11.4. The molecule has 4 aromatic rings. The van der Waals surface area contributed by atoms with E-state index < -0.39 is 18.2 Å². The van der Waals surface area contributed by atoms with E-state index in [4.69, 9.17) is 21.1 Å². The Morgan fingerprint density at radius 3 is 2.40 bits per heavy atom. The molecule has 1 aliphatic heterocycles. The highest BCUT2D eigenvalue weighted by atomic mass is 35.5. The lowest BCUT2D eigenvalue weighted by Gasteiger charge is -2.39. The molecule has 1 aliphatic carbocycles. The first-order valence-electron chi connectivity index (χ1n) is 13.9. The van der Waals surface area contributed by atoms with Gasteiger partial charge in [0.05, 0.1) is 19.3 Å². The van der Waals surface area contributed by atoms with Gasteiger partial charge in [0.15, 0.2) is 5.78 Å². The first-order valence-corrected chi connectivity index (χ1v) is 14.3. The van der Waals surface area contributed by atoms with E-state index in [9.17, 15) is 14.7 Å². The molecule has 2 aliphatic rings. The number of halogens is 1. The average molecular weight is 584 g/mol. The molecule has 1 N–H and O–H groups in total. The lowest BCUT2D eigenvalue weighted by molar-refractivity contribution is 0.0198. The van der Waals surface area contributed by atoms with Gasteiger partial charge in [-0.05, 0) is 58.4 Å². The summed E-state index contributed by atoms with van der Waals surface area (Å²) in [6, 6.07) is 22.9. The second kappa shape index (κ2) is 11.9. The number of ketones is 1. The van der Waals surface area contributed by atoms with Crippen LogP contribution in [0.25, 0.3) is 11.1 Å². The number of carbonyl (C=O) groups is 2. The number of hydrogen-bond donors (Lipinski definition) is 1. The van der Waals surface area contributed by atoms with Gasteiger partial charge in [-0.2, -0.15) is 0 Å². The number of aliphatic hydroxyl groups is 1. The van der Waals surface area contributed by atoms with Crippen LogP contribution >= 0.6 is 11.6 Å². The Balaban J connectivity index is 1.21. The molecular weight excluding hydrogens is 554 g/mol.